The zero-order valence-electron chi connectivity index (χ0n) is 22.1. The minimum atomic E-state index is -2.90. The summed E-state index contributed by atoms with van der Waals surface area (Å²) in [5.41, 5.74) is 0.284. The van der Waals surface area contributed by atoms with Crippen LogP contribution in [0.3, 0.4) is 0 Å². The number of ketones is 2. The summed E-state index contributed by atoms with van der Waals surface area (Å²) < 4.78 is 12.4. The van der Waals surface area contributed by atoms with Crippen LogP contribution in [0.5, 0.6) is 5.75 Å². The Kier molecular flexibility index (Phi) is 5.80. The van der Waals surface area contributed by atoms with Gasteiger partial charge in [0, 0.05) is 5.57 Å². The molecule has 5 rings (SSSR count). The first-order valence-corrected chi connectivity index (χ1v) is 12.4. The van der Waals surface area contributed by atoms with Crippen molar-refractivity contribution >= 4 is 41.5 Å². The van der Waals surface area contributed by atoms with Gasteiger partial charge in [-0.25, -0.2) is 0 Å². The standard InChI is InChI=1S/C26H29BN2O10/c1-24(2)25(3,4)39-27(38-24)13-6-7-14(30)16-11(13)8-10-9-12-18(29-37-5)20(32)17(23(28)35)22(34)26(12,36)21(33)15(10)19(16)31/h6-7,10,12,30-32,36H,8-9H2,1-5H3,(H2,28,35)/b29-18-/t10?,12-,26-/m0/s1. The van der Waals surface area contributed by atoms with Gasteiger partial charge in [-0.05, 0) is 63.5 Å². The van der Waals surface area contributed by atoms with Gasteiger partial charge in [0.25, 0.3) is 5.91 Å². The Morgan fingerprint density at radius 1 is 1.08 bits per heavy atom. The summed E-state index contributed by atoms with van der Waals surface area (Å²) in [4.78, 5) is 43.9. The van der Waals surface area contributed by atoms with Gasteiger partial charge in [0.1, 0.15) is 29.9 Å². The summed E-state index contributed by atoms with van der Waals surface area (Å²) in [6.45, 7) is 7.53. The number of oxime groups is 1. The Bertz CT molecular complexity index is 1430. The molecule has 1 heterocycles. The zero-order valence-corrected chi connectivity index (χ0v) is 22.1. The fourth-order valence-electron chi connectivity index (χ4n) is 5.91. The maximum atomic E-state index is 13.8. The second-order valence-electron chi connectivity index (χ2n) is 11.2. The molecule has 1 unspecified atom stereocenters. The molecule has 39 heavy (non-hydrogen) atoms. The Hall–Kier alpha value is -3.68. The molecule has 1 saturated carbocycles. The van der Waals surface area contributed by atoms with Crippen LogP contribution in [0.25, 0.3) is 5.76 Å². The van der Waals surface area contributed by atoms with Crippen molar-refractivity contribution in [3.05, 3.63) is 40.2 Å². The number of nitrogens with two attached hydrogens (primary N) is 1. The van der Waals surface area contributed by atoms with Crippen molar-refractivity contribution < 1.29 is 49.0 Å². The molecule has 2 fully saturated rings. The van der Waals surface area contributed by atoms with Gasteiger partial charge in [-0.2, -0.15) is 0 Å². The number of carbonyl (C=O) groups is 3. The number of aromatic hydroxyl groups is 1. The molecule has 0 bridgehead atoms. The number of rotatable bonds is 3. The topological polar surface area (TPSA) is 198 Å². The number of nitrogens with zero attached hydrogens (tertiary/aromatic N) is 1. The molecule has 206 valence electrons. The first kappa shape index (κ1) is 26.9. The van der Waals surface area contributed by atoms with Crippen LogP contribution in [0, 0.1) is 11.8 Å². The summed E-state index contributed by atoms with van der Waals surface area (Å²) in [6.07, 6.45) is -0.0635. The molecular weight excluding hydrogens is 511 g/mol. The number of primary amides is 1. The van der Waals surface area contributed by atoms with E-state index < -0.39 is 76.0 Å². The largest absolute Gasteiger partial charge is 0.507 e. The number of phenolic OH excluding ortho intramolecular Hbond substituents is 1. The average Bonchev–Trinajstić information content (AvgIpc) is 3.05. The highest BCUT2D eigenvalue weighted by Crippen LogP contribution is 2.50. The number of allylic oxidation sites excluding steroid dienone is 1. The van der Waals surface area contributed by atoms with Gasteiger partial charge < -0.3 is 40.3 Å². The minimum absolute atomic E-state index is 0.0496. The van der Waals surface area contributed by atoms with Crippen LogP contribution in [0.4, 0.5) is 0 Å². The Morgan fingerprint density at radius 3 is 2.26 bits per heavy atom. The lowest BCUT2D eigenvalue weighted by atomic mass is 9.57. The number of aliphatic hydroxyl groups is 3. The van der Waals surface area contributed by atoms with E-state index in [0.29, 0.717) is 11.0 Å². The van der Waals surface area contributed by atoms with Crippen LogP contribution in [0.2, 0.25) is 0 Å². The van der Waals surface area contributed by atoms with Crippen molar-refractivity contribution in [2.45, 2.75) is 57.3 Å². The molecule has 1 aliphatic heterocycles. The summed E-state index contributed by atoms with van der Waals surface area (Å²) in [7, 11) is 0.305. The van der Waals surface area contributed by atoms with E-state index >= 15 is 0 Å². The van der Waals surface area contributed by atoms with Gasteiger partial charge in [0.15, 0.2) is 11.4 Å². The highest BCUT2D eigenvalue weighted by Gasteiger charge is 2.64. The van der Waals surface area contributed by atoms with E-state index in [0.717, 1.165) is 7.11 Å². The number of carbonyl (C=O) groups excluding carboxylic acids is 3. The molecule has 3 aliphatic carbocycles. The molecule has 1 aromatic carbocycles. The van der Waals surface area contributed by atoms with E-state index in [4.69, 9.17) is 19.9 Å². The van der Waals surface area contributed by atoms with Crippen molar-refractivity contribution in [2.24, 2.45) is 22.7 Å². The third-order valence-corrected chi connectivity index (χ3v) is 8.62. The van der Waals surface area contributed by atoms with Crippen molar-refractivity contribution in [3.8, 4) is 5.75 Å². The molecule has 0 spiro atoms. The molecule has 3 atom stereocenters. The van der Waals surface area contributed by atoms with Gasteiger partial charge in [0.05, 0.1) is 22.7 Å². The maximum absolute atomic E-state index is 13.8. The van der Waals surface area contributed by atoms with Gasteiger partial charge in [-0.1, -0.05) is 11.2 Å². The molecule has 12 nitrogen and oxygen atoms in total. The molecule has 1 aromatic rings. The zero-order chi connectivity index (χ0) is 28.8. The predicted octanol–water partition coefficient (Wildman–Crippen LogP) is 0.335. The lowest BCUT2D eigenvalue weighted by Gasteiger charge is -2.45. The van der Waals surface area contributed by atoms with E-state index in [9.17, 15) is 34.8 Å². The van der Waals surface area contributed by atoms with E-state index in [1.807, 2.05) is 27.7 Å². The van der Waals surface area contributed by atoms with Crippen LogP contribution in [-0.2, 0) is 35.0 Å². The van der Waals surface area contributed by atoms with Crippen LogP contribution in [0.15, 0.2) is 34.2 Å². The fourth-order valence-corrected chi connectivity index (χ4v) is 5.91. The third kappa shape index (κ3) is 3.49. The second-order valence-corrected chi connectivity index (χ2v) is 11.2. The summed E-state index contributed by atoms with van der Waals surface area (Å²) >= 11 is 0. The lowest BCUT2D eigenvalue weighted by Crippen LogP contribution is -2.64. The number of fused-ring (bicyclic) bond motifs is 3. The number of Topliss-reactive ketones (excluding diaryl/α,β-unsaturated/α-hetero) is 2. The van der Waals surface area contributed by atoms with Crippen LogP contribution in [-0.4, -0.2) is 74.6 Å². The monoisotopic (exact) mass is 540 g/mol. The van der Waals surface area contributed by atoms with Crippen molar-refractivity contribution in [3.63, 3.8) is 0 Å². The molecule has 0 aromatic heterocycles. The number of benzene rings is 1. The minimum Gasteiger partial charge on any atom is -0.507 e. The van der Waals surface area contributed by atoms with E-state index in [1.54, 1.807) is 6.07 Å². The maximum Gasteiger partial charge on any atom is 0.495 e. The number of hydrogen-bond acceptors (Lipinski definition) is 11. The first-order valence-electron chi connectivity index (χ1n) is 12.4. The normalized spacial score (nSPS) is 30.3. The van der Waals surface area contributed by atoms with Crippen LogP contribution in [0.1, 0.15) is 45.2 Å². The number of aliphatic hydroxyl groups excluding tert-OH is 2. The van der Waals surface area contributed by atoms with Gasteiger partial charge in [-0.3, -0.25) is 14.4 Å². The first-order chi connectivity index (χ1) is 18.1. The Morgan fingerprint density at radius 2 is 1.69 bits per heavy atom. The average molecular weight is 540 g/mol. The van der Waals surface area contributed by atoms with Crippen molar-refractivity contribution in [1.82, 2.24) is 0 Å². The van der Waals surface area contributed by atoms with E-state index in [-0.39, 0.29) is 29.7 Å². The Labute approximate surface area is 223 Å². The summed E-state index contributed by atoms with van der Waals surface area (Å²) in [5, 5.41) is 48.0. The number of phenols is 1. The SMILES string of the molecule is CO/N=C1\C(O)=C(C(N)=O)C(=O)[C@@]2(O)C(=O)C3=C(O)c4c(O)ccc(B5OC(C)(C)C(C)(C)O5)c4CC3C[C@@H]12. The van der Waals surface area contributed by atoms with Gasteiger partial charge >= 0.3 is 7.12 Å². The highest BCUT2D eigenvalue weighted by molar-refractivity contribution is 6.62. The smallest absolute Gasteiger partial charge is 0.495 e. The molecule has 4 aliphatic rings. The lowest BCUT2D eigenvalue weighted by molar-refractivity contribution is -0.153. The molecular formula is C26H29BN2O10. The molecule has 6 N–H and O–H groups in total. The number of amides is 1. The van der Waals surface area contributed by atoms with Gasteiger partial charge in [-0.15, -0.1) is 0 Å². The molecule has 13 heteroatoms. The van der Waals surface area contributed by atoms with Crippen molar-refractivity contribution in [2.75, 3.05) is 7.11 Å². The summed E-state index contributed by atoms with van der Waals surface area (Å²) in [5.74, 6) is -8.00. The molecule has 1 saturated heterocycles. The number of hydrogen-bond donors (Lipinski definition) is 5. The second kappa shape index (κ2) is 8.41. The van der Waals surface area contributed by atoms with E-state index in [1.165, 1.54) is 6.07 Å². The Balaban J connectivity index is 1.68. The highest BCUT2D eigenvalue weighted by atomic mass is 16.7. The van der Waals surface area contributed by atoms with Crippen LogP contribution >= 0.6 is 0 Å². The molecule has 0 radical (unpaired) electrons. The third-order valence-electron chi connectivity index (χ3n) is 8.62. The quantitative estimate of drug-likeness (QED) is 0.154. The fraction of sp³-hybridized carbons (Fsp3) is 0.462. The molecule has 1 amide bonds. The van der Waals surface area contributed by atoms with Crippen LogP contribution < -0.4 is 11.2 Å². The van der Waals surface area contributed by atoms with Gasteiger partial charge in [0.2, 0.25) is 11.6 Å². The predicted molar refractivity (Wildman–Crippen MR) is 137 cm³/mol. The van der Waals surface area contributed by atoms with E-state index in [2.05, 4.69) is 5.16 Å². The summed E-state index contributed by atoms with van der Waals surface area (Å²) in [6, 6.07) is 2.95. The van der Waals surface area contributed by atoms with Crippen molar-refractivity contribution in [1.29, 1.82) is 0 Å².